The van der Waals surface area contributed by atoms with E-state index in [1.165, 1.54) is 6.07 Å². The van der Waals surface area contributed by atoms with Crippen molar-refractivity contribution >= 4 is 21.7 Å². The van der Waals surface area contributed by atoms with Gasteiger partial charge in [-0.3, -0.25) is 0 Å². The highest BCUT2D eigenvalue weighted by Crippen LogP contribution is 2.23. The molecular formula is C12H11BrFN3O. The fourth-order valence-electron chi connectivity index (χ4n) is 1.34. The Labute approximate surface area is 112 Å². The minimum atomic E-state index is -0.397. The molecule has 0 aliphatic rings. The van der Waals surface area contributed by atoms with Gasteiger partial charge in [0.2, 0.25) is 0 Å². The number of halogens is 2. The maximum atomic E-state index is 13.4. The molecule has 0 atom stereocenters. The van der Waals surface area contributed by atoms with Gasteiger partial charge in [-0.05, 0) is 24.3 Å². The molecule has 0 radical (unpaired) electrons. The first kappa shape index (κ1) is 12.8. The van der Waals surface area contributed by atoms with Crippen LogP contribution < -0.4 is 16.0 Å². The highest BCUT2D eigenvalue weighted by molar-refractivity contribution is 9.10. The van der Waals surface area contributed by atoms with Crippen molar-refractivity contribution in [3.05, 3.63) is 52.4 Å². The molecule has 2 aromatic rings. The highest BCUT2D eigenvalue weighted by atomic mass is 79.9. The molecule has 0 spiro atoms. The zero-order valence-corrected chi connectivity index (χ0v) is 10.9. The minimum Gasteiger partial charge on any atom is -0.486 e. The first-order valence-corrected chi connectivity index (χ1v) is 5.98. The number of ether oxygens (including phenoxy) is 1. The van der Waals surface area contributed by atoms with Crippen molar-refractivity contribution in [3.63, 3.8) is 0 Å². The Morgan fingerprint density at radius 2 is 2.17 bits per heavy atom. The molecule has 0 saturated heterocycles. The zero-order chi connectivity index (χ0) is 13.0. The Kier molecular flexibility index (Phi) is 4.11. The molecule has 3 N–H and O–H groups in total. The summed E-state index contributed by atoms with van der Waals surface area (Å²) in [7, 11) is 0. The quantitative estimate of drug-likeness (QED) is 0.673. The van der Waals surface area contributed by atoms with Gasteiger partial charge in [0, 0.05) is 16.2 Å². The van der Waals surface area contributed by atoms with Gasteiger partial charge in [-0.1, -0.05) is 22.0 Å². The third kappa shape index (κ3) is 3.18. The fourth-order valence-corrected chi connectivity index (χ4v) is 1.68. The summed E-state index contributed by atoms with van der Waals surface area (Å²) in [5.74, 6) is 5.57. The molecule has 1 heterocycles. The van der Waals surface area contributed by atoms with Crippen LogP contribution in [0.5, 0.6) is 5.75 Å². The van der Waals surface area contributed by atoms with Gasteiger partial charge in [0.1, 0.15) is 12.4 Å². The van der Waals surface area contributed by atoms with Crippen LogP contribution in [0, 0.1) is 5.82 Å². The Morgan fingerprint density at radius 1 is 1.33 bits per heavy atom. The van der Waals surface area contributed by atoms with Crippen molar-refractivity contribution in [1.29, 1.82) is 0 Å². The molecule has 1 aromatic carbocycles. The van der Waals surface area contributed by atoms with Gasteiger partial charge in [0.15, 0.2) is 11.6 Å². The second kappa shape index (κ2) is 5.79. The van der Waals surface area contributed by atoms with Crippen molar-refractivity contribution in [2.75, 3.05) is 5.43 Å². The second-order valence-corrected chi connectivity index (χ2v) is 4.48. The van der Waals surface area contributed by atoms with E-state index in [-0.39, 0.29) is 12.4 Å². The summed E-state index contributed by atoms with van der Waals surface area (Å²) < 4.78 is 19.5. The lowest BCUT2D eigenvalue weighted by Gasteiger charge is -2.08. The summed E-state index contributed by atoms with van der Waals surface area (Å²) in [6.45, 7) is 0.241. The number of hydrogen-bond donors (Lipinski definition) is 2. The zero-order valence-electron chi connectivity index (χ0n) is 9.36. The number of nitrogens with one attached hydrogen (secondary N) is 1. The molecule has 0 fully saturated rings. The largest absolute Gasteiger partial charge is 0.486 e. The van der Waals surface area contributed by atoms with Crippen molar-refractivity contribution in [2.24, 2.45) is 5.84 Å². The van der Waals surface area contributed by atoms with Crippen LogP contribution in [0.25, 0.3) is 0 Å². The third-order valence-electron chi connectivity index (χ3n) is 2.26. The van der Waals surface area contributed by atoms with Gasteiger partial charge in [0.05, 0.1) is 0 Å². The number of nitrogens with two attached hydrogens (primary N) is 1. The van der Waals surface area contributed by atoms with E-state index in [4.69, 9.17) is 10.6 Å². The molecule has 6 heteroatoms. The molecular weight excluding hydrogens is 301 g/mol. The van der Waals surface area contributed by atoms with Crippen LogP contribution >= 0.6 is 15.9 Å². The molecule has 0 saturated carbocycles. The summed E-state index contributed by atoms with van der Waals surface area (Å²) >= 11 is 3.26. The molecule has 0 aliphatic heterocycles. The van der Waals surface area contributed by atoms with Crippen molar-refractivity contribution in [1.82, 2.24) is 4.98 Å². The van der Waals surface area contributed by atoms with E-state index in [9.17, 15) is 4.39 Å². The number of hydrazine groups is 1. The molecule has 0 bridgehead atoms. The van der Waals surface area contributed by atoms with Gasteiger partial charge >= 0.3 is 0 Å². The lowest BCUT2D eigenvalue weighted by Crippen LogP contribution is -2.08. The SMILES string of the molecule is NNc1ccc(COc2cc(Br)ccc2F)cn1. The average Bonchev–Trinajstić information content (AvgIpc) is 2.40. The number of aromatic nitrogens is 1. The van der Waals surface area contributed by atoms with Gasteiger partial charge in [0.25, 0.3) is 0 Å². The molecule has 2 rings (SSSR count). The van der Waals surface area contributed by atoms with Gasteiger partial charge < -0.3 is 10.2 Å². The maximum Gasteiger partial charge on any atom is 0.165 e. The van der Waals surface area contributed by atoms with E-state index in [2.05, 4.69) is 26.3 Å². The monoisotopic (exact) mass is 311 g/mol. The fraction of sp³-hybridized carbons (Fsp3) is 0.0833. The first-order valence-electron chi connectivity index (χ1n) is 5.18. The number of nitrogen functional groups attached to an aromatic ring is 1. The van der Waals surface area contributed by atoms with Gasteiger partial charge in [-0.25, -0.2) is 15.2 Å². The van der Waals surface area contributed by atoms with Crippen LogP contribution in [0.3, 0.4) is 0 Å². The van der Waals surface area contributed by atoms with E-state index in [1.807, 2.05) is 0 Å². The predicted molar refractivity (Wildman–Crippen MR) is 70.5 cm³/mol. The lowest BCUT2D eigenvalue weighted by molar-refractivity contribution is 0.289. The summed E-state index contributed by atoms with van der Waals surface area (Å²) in [5.41, 5.74) is 3.25. The maximum absolute atomic E-state index is 13.4. The van der Waals surface area contributed by atoms with Crippen LogP contribution in [0.2, 0.25) is 0 Å². The second-order valence-electron chi connectivity index (χ2n) is 3.56. The van der Waals surface area contributed by atoms with Gasteiger partial charge in [-0.15, -0.1) is 0 Å². The topological polar surface area (TPSA) is 60.2 Å². The molecule has 18 heavy (non-hydrogen) atoms. The van der Waals surface area contributed by atoms with Crippen molar-refractivity contribution < 1.29 is 9.13 Å². The van der Waals surface area contributed by atoms with Crippen LogP contribution in [0.15, 0.2) is 41.0 Å². The smallest absolute Gasteiger partial charge is 0.165 e. The van der Waals surface area contributed by atoms with Crippen LogP contribution in [-0.2, 0) is 6.61 Å². The number of anilines is 1. The molecule has 1 aromatic heterocycles. The average molecular weight is 312 g/mol. The van der Waals surface area contributed by atoms with E-state index < -0.39 is 5.82 Å². The Morgan fingerprint density at radius 3 is 2.83 bits per heavy atom. The summed E-state index contributed by atoms with van der Waals surface area (Å²) in [5, 5.41) is 0. The minimum absolute atomic E-state index is 0.199. The molecule has 4 nitrogen and oxygen atoms in total. The first-order chi connectivity index (χ1) is 8.69. The molecule has 0 amide bonds. The Bertz CT molecular complexity index is 533. The third-order valence-corrected chi connectivity index (χ3v) is 2.75. The summed E-state index contributed by atoms with van der Waals surface area (Å²) in [4.78, 5) is 4.03. The van der Waals surface area contributed by atoms with Crippen LogP contribution in [-0.4, -0.2) is 4.98 Å². The molecule has 0 unspecified atom stereocenters. The van der Waals surface area contributed by atoms with Crippen LogP contribution in [0.4, 0.5) is 10.2 Å². The number of hydrogen-bond acceptors (Lipinski definition) is 4. The van der Waals surface area contributed by atoms with Crippen molar-refractivity contribution in [2.45, 2.75) is 6.61 Å². The number of pyridine rings is 1. The van der Waals surface area contributed by atoms with E-state index in [1.54, 1.807) is 30.5 Å². The number of nitrogens with zero attached hydrogens (tertiary/aromatic N) is 1. The lowest BCUT2D eigenvalue weighted by atomic mass is 10.3. The summed E-state index contributed by atoms with van der Waals surface area (Å²) in [6.07, 6.45) is 1.62. The van der Waals surface area contributed by atoms with Gasteiger partial charge in [-0.2, -0.15) is 0 Å². The number of rotatable bonds is 4. The Balaban J connectivity index is 2.04. The standard InChI is InChI=1S/C12H11BrFN3O/c13-9-2-3-10(14)11(5-9)18-7-8-1-4-12(17-15)16-6-8/h1-6H,7,15H2,(H,16,17). The van der Waals surface area contributed by atoms with E-state index >= 15 is 0 Å². The highest BCUT2D eigenvalue weighted by Gasteiger charge is 2.04. The van der Waals surface area contributed by atoms with E-state index in [0.717, 1.165) is 10.0 Å². The molecule has 94 valence electrons. The summed E-state index contributed by atoms with van der Waals surface area (Å²) in [6, 6.07) is 8.07. The van der Waals surface area contributed by atoms with Crippen LogP contribution in [0.1, 0.15) is 5.56 Å². The Hall–Kier alpha value is -1.66. The molecule has 0 aliphatic carbocycles. The normalized spacial score (nSPS) is 10.2. The number of benzene rings is 1. The predicted octanol–water partition coefficient (Wildman–Crippen LogP) is 2.85. The van der Waals surface area contributed by atoms with E-state index in [0.29, 0.717) is 5.82 Å². The van der Waals surface area contributed by atoms with Crippen molar-refractivity contribution in [3.8, 4) is 5.75 Å².